The van der Waals surface area contributed by atoms with E-state index in [2.05, 4.69) is 0 Å². The molecule has 20 heavy (non-hydrogen) atoms. The Hall–Kier alpha value is -0.970. The molecule has 2 rings (SSSR count). The predicted octanol–water partition coefficient (Wildman–Crippen LogP) is 2.36. The van der Waals surface area contributed by atoms with E-state index >= 15 is 0 Å². The van der Waals surface area contributed by atoms with Crippen LogP contribution in [0.25, 0.3) is 0 Å². The van der Waals surface area contributed by atoms with Crippen molar-refractivity contribution in [1.29, 1.82) is 0 Å². The SMILES string of the molecule is COCCC(N)C1(c2ccc(F)cc2)CCC(O)CC1. The van der Waals surface area contributed by atoms with Gasteiger partial charge in [0.1, 0.15) is 5.82 Å². The molecule has 0 aromatic heterocycles. The lowest BCUT2D eigenvalue weighted by molar-refractivity contribution is 0.0782. The minimum absolute atomic E-state index is 0.0413. The van der Waals surface area contributed by atoms with Gasteiger partial charge in [0, 0.05) is 25.2 Å². The number of nitrogens with two attached hydrogens (primary N) is 1. The Morgan fingerprint density at radius 3 is 2.50 bits per heavy atom. The van der Waals surface area contributed by atoms with Crippen LogP contribution in [0.3, 0.4) is 0 Å². The topological polar surface area (TPSA) is 55.5 Å². The summed E-state index contributed by atoms with van der Waals surface area (Å²) in [6.07, 6.45) is 3.70. The standard InChI is InChI=1S/C16H24FNO2/c1-20-11-8-15(18)16(9-6-14(19)7-10-16)12-2-4-13(17)5-3-12/h2-5,14-15,19H,6-11,18H2,1H3. The molecule has 1 aliphatic carbocycles. The highest BCUT2D eigenvalue weighted by Crippen LogP contribution is 2.42. The van der Waals surface area contributed by atoms with Crippen molar-refractivity contribution in [3.63, 3.8) is 0 Å². The lowest BCUT2D eigenvalue weighted by atomic mass is 9.64. The highest BCUT2D eigenvalue weighted by atomic mass is 19.1. The van der Waals surface area contributed by atoms with Gasteiger partial charge < -0.3 is 15.6 Å². The van der Waals surface area contributed by atoms with E-state index < -0.39 is 0 Å². The molecule has 1 unspecified atom stereocenters. The van der Waals surface area contributed by atoms with Gasteiger partial charge in [0.05, 0.1) is 6.10 Å². The fraction of sp³-hybridized carbons (Fsp3) is 0.625. The number of ether oxygens (including phenoxy) is 1. The van der Waals surface area contributed by atoms with E-state index in [0.717, 1.165) is 37.7 Å². The number of aliphatic hydroxyl groups excluding tert-OH is 1. The van der Waals surface area contributed by atoms with Crippen molar-refractivity contribution in [2.75, 3.05) is 13.7 Å². The van der Waals surface area contributed by atoms with E-state index in [1.807, 2.05) is 12.1 Å². The molecule has 0 spiro atoms. The first kappa shape index (κ1) is 15.4. The third-order valence-electron chi connectivity index (χ3n) is 4.61. The minimum atomic E-state index is -0.238. The predicted molar refractivity (Wildman–Crippen MR) is 77.0 cm³/mol. The van der Waals surface area contributed by atoms with Crippen LogP contribution in [-0.4, -0.2) is 31.0 Å². The molecule has 1 aromatic carbocycles. The quantitative estimate of drug-likeness (QED) is 0.871. The summed E-state index contributed by atoms with van der Waals surface area (Å²) in [6.45, 7) is 0.618. The zero-order chi connectivity index (χ0) is 14.6. The van der Waals surface area contributed by atoms with Crippen LogP contribution in [0.4, 0.5) is 4.39 Å². The highest BCUT2D eigenvalue weighted by Gasteiger charge is 2.41. The molecule has 0 heterocycles. The number of hydrogen-bond donors (Lipinski definition) is 2. The van der Waals surface area contributed by atoms with Gasteiger partial charge in [0.2, 0.25) is 0 Å². The molecular formula is C16H24FNO2. The molecule has 4 heteroatoms. The molecule has 1 aromatic rings. The molecule has 0 aliphatic heterocycles. The van der Waals surface area contributed by atoms with E-state index in [1.54, 1.807) is 7.11 Å². The van der Waals surface area contributed by atoms with Crippen LogP contribution >= 0.6 is 0 Å². The van der Waals surface area contributed by atoms with Crippen LogP contribution in [0.1, 0.15) is 37.7 Å². The van der Waals surface area contributed by atoms with Crippen LogP contribution in [0.15, 0.2) is 24.3 Å². The molecular weight excluding hydrogens is 257 g/mol. The molecule has 3 N–H and O–H groups in total. The largest absolute Gasteiger partial charge is 0.393 e. The van der Waals surface area contributed by atoms with Crippen LogP contribution in [0.5, 0.6) is 0 Å². The smallest absolute Gasteiger partial charge is 0.123 e. The monoisotopic (exact) mass is 281 g/mol. The first-order chi connectivity index (χ1) is 9.58. The van der Waals surface area contributed by atoms with Crippen LogP contribution in [0, 0.1) is 5.82 Å². The Morgan fingerprint density at radius 2 is 1.95 bits per heavy atom. The van der Waals surface area contributed by atoms with Gasteiger partial charge in [-0.1, -0.05) is 12.1 Å². The van der Waals surface area contributed by atoms with E-state index in [0.29, 0.717) is 6.61 Å². The van der Waals surface area contributed by atoms with E-state index in [1.165, 1.54) is 12.1 Å². The highest BCUT2D eigenvalue weighted by molar-refractivity contribution is 5.29. The molecule has 0 amide bonds. The number of aliphatic hydroxyl groups is 1. The van der Waals surface area contributed by atoms with Gasteiger partial charge in [-0.3, -0.25) is 0 Å². The summed E-state index contributed by atoms with van der Waals surface area (Å²) in [5.74, 6) is -0.231. The number of benzene rings is 1. The minimum Gasteiger partial charge on any atom is -0.393 e. The lowest BCUT2D eigenvalue weighted by Crippen LogP contribution is -2.49. The van der Waals surface area contributed by atoms with Crippen LogP contribution < -0.4 is 5.73 Å². The molecule has 0 bridgehead atoms. The summed E-state index contributed by atoms with van der Waals surface area (Å²) < 4.78 is 18.3. The number of hydrogen-bond acceptors (Lipinski definition) is 3. The lowest BCUT2D eigenvalue weighted by Gasteiger charge is -2.44. The Bertz CT molecular complexity index is 413. The number of halogens is 1. The number of rotatable bonds is 5. The number of methoxy groups -OCH3 is 1. The maximum absolute atomic E-state index is 13.2. The molecule has 1 aliphatic rings. The van der Waals surface area contributed by atoms with Gasteiger partial charge in [-0.25, -0.2) is 4.39 Å². The second-order valence-corrected chi connectivity index (χ2v) is 5.78. The second kappa shape index (κ2) is 6.66. The molecule has 1 saturated carbocycles. The van der Waals surface area contributed by atoms with Crippen molar-refractivity contribution < 1.29 is 14.2 Å². The fourth-order valence-corrected chi connectivity index (χ4v) is 3.29. The van der Waals surface area contributed by atoms with E-state index in [-0.39, 0.29) is 23.4 Å². The maximum atomic E-state index is 13.2. The Kier molecular flexibility index (Phi) is 5.13. The van der Waals surface area contributed by atoms with Gasteiger partial charge in [-0.15, -0.1) is 0 Å². The van der Waals surface area contributed by atoms with Crippen molar-refractivity contribution in [1.82, 2.24) is 0 Å². The molecule has 0 radical (unpaired) electrons. The van der Waals surface area contributed by atoms with Crippen molar-refractivity contribution >= 4 is 0 Å². The Labute approximate surface area is 119 Å². The van der Waals surface area contributed by atoms with Crippen LogP contribution in [0.2, 0.25) is 0 Å². The van der Waals surface area contributed by atoms with Crippen molar-refractivity contribution in [2.45, 2.75) is 49.7 Å². The van der Waals surface area contributed by atoms with E-state index in [9.17, 15) is 9.50 Å². The summed E-state index contributed by atoms with van der Waals surface area (Å²) in [4.78, 5) is 0. The summed E-state index contributed by atoms with van der Waals surface area (Å²) in [5, 5.41) is 9.76. The average molecular weight is 281 g/mol. The average Bonchev–Trinajstić information content (AvgIpc) is 2.47. The third kappa shape index (κ3) is 3.19. The normalized spacial score (nSPS) is 28.3. The zero-order valence-corrected chi connectivity index (χ0v) is 12.0. The van der Waals surface area contributed by atoms with Crippen molar-refractivity contribution in [3.05, 3.63) is 35.6 Å². The molecule has 1 atom stereocenters. The first-order valence-corrected chi connectivity index (χ1v) is 7.27. The van der Waals surface area contributed by atoms with Gasteiger partial charge in [-0.05, 0) is 49.8 Å². The van der Waals surface area contributed by atoms with Gasteiger partial charge >= 0.3 is 0 Å². The summed E-state index contributed by atoms with van der Waals surface area (Å²) >= 11 is 0. The maximum Gasteiger partial charge on any atom is 0.123 e. The third-order valence-corrected chi connectivity index (χ3v) is 4.61. The molecule has 0 saturated heterocycles. The van der Waals surface area contributed by atoms with Crippen LogP contribution in [-0.2, 0) is 10.2 Å². The molecule has 3 nitrogen and oxygen atoms in total. The molecule has 1 fully saturated rings. The summed E-state index contributed by atoms with van der Waals surface area (Å²) in [7, 11) is 1.67. The summed E-state index contributed by atoms with van der Waals surface area (Å²) in [6, 6.07) is 6.61. The van der Waals surface area contributed by atoms with Gasteiger partial charge in [-0.2, -0.15) is 0 Å². The zero-order valence-electron chi connectivity index (χ0n) is 12.0. The second-order valence-electron chi connectivity index (χ2n) is 5.78. The van der Waals surface area contributed by atoms with Crippen molar-refractivity contribution in [3.8, 4) is 0 Å². The van der Waals surface area contributed by atoms with E-state index in [4.69, 9.17) is 10.5 Å². The van der Waals surface area contributed by atoms with Gasteiger partial charge in [0.15, 0.2) is 0 Å². The Morgan fingerprint density at radius 1 is 1.35 bits per heavy atom. The van der Waals surface area contributed by atoms with Crippen molar-refractivity contribution in [2.24, 2.45) is 5.73 Å². The fourth-order valence-electron chi connectivity index (χ4n) is 3.29. The molecule has 112 valence electrons. The Balaban J connectivity index is 2.26. The summed E-state index contributed by atoms with van der Waals surface area (Å²) in [5.41, 5.74) is 7.33. The van der Waals surface area contributed by atoms with Gasteiger partial charge in [0.25, 0.3) is 0 Å². The first-order valence-electron chi connectivity index (χ1n) is 7.27.